The quantitative estimate of drug-likeness (QED) is 0.466. The molecule has 0 fully saturated rings. The van der Waals surface area contributed by atoms with Crippen molar-refractivity contribution in [3.8, 4) is 0 Å². The molecule has 0 aliphatic carbocycles. The summed E-state index contributed by atoms with van der Waals surface area (Å²) in [6.45, 7) is 7.09. The van der Waals surface area contributed by atoms with Gasteiger partial charge in [0.25, 0.3) is 0 Å². The summed E-state index contributed by atoms with van der Waals surface area (Å²) in [5.74, 6) is 1.86. The minimum absolute atomic E-state index is 0.910. The van der Waals surface area contributed by atoms with Crippen LogP contribution < -0.4 is 0 Å². The molecule has 0 nitrogen and oxygen atoms in total. The molecule has 0 amide bonds. The summed E-state index contributed by atoms with van der Waals surface area (Å²) >= 11 is 0. The lowest BCUT2D eigenvalue weighted by atomic mass is 9.82. The molecule has 1 rings (SSSR count). The lowest BCUT2D eigenvalue weighted by molar-refractivity contribution is 0.285. The van der Waals surface area contributed by atoms with Gasteiger partial charge in [0.05, 0.1) is 0 Å². The summed E-state index contributed by atoms with van der Waals surface area (Å²) in [6.07, 6.45) is 10.9. The van der Waals surface area contributed by atoms with Crippen molar-refractivity contribution in [1.29, 1.82) is 0 Å². The molecular formula is C19H32. The third kappa shape index (κ3) is 6.80. The minimum atomic E-state index is 0.910. The average Bonchev–Trinajstić information content (AvgIpc) is 2.44. The summed E-state index contributed by atoms with van der Waals surface area (Å²) in [6, 6.07) is 10.9. The Morgan fingerprint density at radius 2 is 1.53 bits per heavy atom. The molecule has 0 heteroatoms. The monoisotopic (exact) mass is 260 g/mol. The summed E-state index contributed by atoms with van der Waals surface area (Å²) in [5.41, 5.74) is 1.50. The van der Waals surface area contributed by atoms with Gasteiger partial charge < -0.3 is 0 Å². The molecule has 0 spiro atoms. The second-order valence-electron chi connectivity index (χ2n) is 6.05. The van der Waals surface area contributed by atoms with Gasteiger partial charge in [-0.3, -0.25) is 0 Å². The van der Waals surface area contributed by atoms with Crippen molar-refractivity contribution in [2.24, 2.45) is 11.8 Å². The Morgan fingerprint density at radius 3 is 2.16 bits per heavy atom. The maximum atomic E-state index is 2.46. The van der Waals surface area contributed by atoms with Crippen LogP contribution in [0.2, 0.25) is 0 Å². The topological polar surface area (TPSA) is 0 Å². The first kappa shape index (κ1) is 16.3. The summed E-state index contributed by atoms with van der Waals surface area (Å²) < 4.78 is 0. The fourth-order valence-electron chi connectivity index (χ4n) is 3.08. The zero-order valence-corrected chi connectivity index (χ0v) is 13.2. The Labute approximate surface area is 120 Å². The highest BCUT2D eigenvalue weighted by Crippen LogP contribution is 2.27. The SMILES string of the molecule is CCCCC(CCCc1ccccc1)C(C)CCC. The third-order valence-electron chi connectivity index (χ3n) is 4.36. The molecule has 1 aromatic rings. The van der Waals surface area contributed by atoms with Gasteiger partial charge in [-0.2, -0.15) is 0 Å². The molecule has 108 valence electrons. The van der Waals surface area contributed by atoms with Gasteiger partial charge in [-0.15, -0.1) is 0 Å². The van der Waals surface area contributed by atoms with Crippen molar-refractivity contribution in [3.63, 3.8) is 0 Å². The average molecular weight is 260 g/mol. The molecule has 0 aromatic heterocycles. The van der Waals surface area contributed by atoms with E-state index < -0.39 is 0 Å². The van der Waals surface area contributed by atoms with Crippen molar-refractivity contribution in [3.05, 3.63) is 35.9 Å². The van der Waals surface area contributed by atoms with Crippen LogP contribution in [0.4, 0.5) is 0 Å². The van der Waals surface area contributed by atoms with Crippen LogP contribution in [0.3, 0.4) is 0 Å². The molecule has 0 saturated heterocycles. The summed E-state index contributed by atoms with van der Waals surface area (Å²) in [5, 5.41) is 0. The maximum absolute atomic E-state index is 2.46. The lowest BCUT2D eigenvalue weighted by Gasteiger charge is -2.23. The highest BCUT2D eigenvalue weighted by molar-refractivity contribution is 5.14. The predicted octanol–water partition coefficient (Wildman–Crippen LogP) is 6.25. The van der Waals surface area contributed by atoms with E-state index in [2.05, 4.69) is 51.1 Å². The van der Waals surface area contributed by atoms with Gasteiger partial charge in [0.15, 0.2) is 0 Å². The maximum Gasteiger partial charge on any atom is -0.0279 e. The van der Waals surface area contributed by atoms with E-state index in [1.165, 1.54) is 56.9 Å². The van der Waals surface area contributed by atoms with Crippen LogP contribution >= 0.6 is 0 Å². The van der Waals surface area contributed by atoms with Crippen molar-refractivity contribution in [1.82, 2.24) is 0 Å². The number of unbranched alkanes of at least 4 members (excludes halogenated alkanes) is 1. The first-order valence-electron chi connectivity index (χ1n) is 8.31. The molecule has 2 unspecified atom stereocenters. The van der Waals surface area contributed by atoms with Crippen LogP contribution in [0.5, 0.6) is 0 Å². The van der Waals surface area contributed by atoms with Gasteiger partial charge in [-0.1, -0.05) is 83.2 Å². The van der Waals surface area contributed by atoms with Crippen LogP contribution in [0.15, 0.2) is 30.3 Å². The summed E-state index contributed by atoms with van der Waals surface area (Å²) in [7, 11) is 0. The third-order valence-corrected chi connectivity index (χ3v) is 4.36. The fraction of sp³-hybridized carbons (Fsp3) is 0.684. The molecule has 0 N–H and O–H groups in total. The van der Waals surface area contributed by atoms with E-state index in [4.69, 9.17) is 0 Å². The van der Waals surface area contributed by atoms with Gasteiger partial charge >= 0.3 is 0 Å². The molecular weight excluding hydrogens is 228 g/mol. The van der Waals surface area contributed by atoms with Crippen molar-refractivity contribution < 1.29 is 0 Å². The molecule has 0 saturated carbocycles. The molecule has 0 aliphatic heterocycles. The highest BCUT2D eigenvalue weighted by Gasteiger charge is 2.15. The molecule has 0 radical (unpaired) electrons. The van der Waals surface area contributed by atoms with E-state index in [-0.39, 0.29) is 0 Å². The predicted molar refractivity (Wildman–Crippen MR) is 86.5 cm³/mol. The number of hydrogen-bond donors (Lipinski definition) is 0. The van der Waals surface area contributed by atoms with Gasteiger partial charge in [0, 0.05) is 0 Å². The van der Waals surface area contributed by atoms with Crippen LogP contribution in [0.1, 0.15) is 71.3 Å². The fourth-order valence-corrected chi connectivity index (χ4v) is 3.08. The lowest BCUT2D eigenvalue weighted by Crippen LogP contribution is -2.12. The Bertz CT molecular complexity index is 301. The largest absolute Gasteiger partial charge is 0.0654 e. The van der Waals surface area contributed by atoms with E-state index in [1.807, 2.05) is 0 Å². The minimum Gasteiger partial charge on any atom is -0.0654 e. The van der Waals surface area contributed by atoms with Crippen LogP contribution in [-0.2, 0) is 6.42 Å². The number of hydrogen-bond acceptors (Lipinski definition) is 0. The number of aryl methyl sites for hydroxylation is 1. The second kappa shape index (κ2) is 10.1. The van der Waals surface area contributed by atoms with Gasteiger partial charge in [-0.05, 0) is 36.7 Å². The molecule has 0 aliphatic rings. The smallest absolute Gasteiger partial charge is 0.0279 e. The van der Waals surface area contributed by atoms with Crippen molar-refractivity contribution in [2.45, 2.75) is 72.1 Å². The Hall–Kier alpha value is -0.780. The Morgan fingerprint density at radius 1 is 0.842 bits per heavy atom. The molecule has 2 atom stereocenters. The number of rotatable bonds is 10. The van der Waals surface area contributed by atoms with Crippen molar-refractivity contribution in [2.75, 3.05) is 0 Å². The Balaban J connectivity index is 2.35. The molecule has 19 heavy (non-hydrogen) atoms. The highest BCUT2D eigenvalue weighted by atomic mass is 14.2. The standard InChI is InChI=1S/C19H32/c1-4-6-15-19(17(3)11-5-2)16-10-14-18-12-8-7-9-13-18/h7-9,12-13,17,19H,4-6,10-11,14-16H2,1-3H3. The van der Waals surface area contributed by atoms with Crippen LogP contribution in [0, 0.1) is 11.8 Å². The van der Waals surface area contributed by atoms with Gasteiger partial charge in [0.2, 0.25) is 0 Å². The zero-order valence-electron chi connectivity index (χ0n) is 13.2. The van der Waals surface area contributed by atoms with Crippen molar-refractivity contribution >= 4 is 0 Å². The van der Waals surface area contributed by atoms with Crippen LogP contribution in [0.25, 0.3) is 0 Å². The second-order valence-corrected chi connectivity index (χ2v) is 6.05. The Kier molecular flexibility index (Phi) is 8.62. The van der Waals surface area contributed by atoms with Gasteiger partial charge in [0.1, 0.15) is 0 Å². The van der Waals surface area contributed by atoms with E-state index in [0.717, 1.165) is 11.8 Å². The van der Waals surface area contributed by atoms with E-state index >= 15 is 0 Å². The van der Waals surface area contributed by atoms with E-state index in [1.54, 1.807) is 0 Å². The molecule has 0 bridgehead atoms. The van der Waals surface area contributed by atoms with E-state index in [9.17, 15) is 0 Å². The van der Waals surface area contributed by atoms with Gasteiger partial charge in [-0.25, -0.2) is 0 Å². The normalized spacial score (nSPS) is 14.3. The zero-order chi connectivity index (χ0) is 13.9. The molecule has 1 aromatic carbocycles. The summed E-state index contributed by atoms with van der Waals surface area (Å²) in [4.78, 5) is 0. The number of benzene rings is 1. The van der Waals surface area contributed by atoms with Crippen LogP contribution in [-0.4, -0.2) is 0 Å². The first-order chi connectivity index (χ1) is 9.27. The van der Waals surface area contributed by atoms with E-state index in [0.29, 0.717) is 0 Å². The molecule has 0 heterocycles. The first-order valence-corrected chi connectivity index (χ1v) is 8.31.